The number of rotatable bonds is 5. The van der Waals surface area contributed by atoms with Crippen molar-refractivity contribution in [3.63, 3.8) is 0 Å². The number of hydrogen-bond acceptors (Lipinski definition) is 2. The number of anilines is 1. The van der Waals surface area contributed by atoms with E-state index in [1.165, 1.54) is 24.1 Å². The highest BCUT2D eigenvalue weighted by molar-refractivity contribution is 6.33. The van der Waals surface area contributed by atoms with E-state index in [2.05, 4.69) is 36.2 Å². The van der Waals surface area contributed by atoms with Crippen LogP contribution in [0.25, 0.3) is 0 Å². The number of aryl methyl sites for hydroxylation is 1. The van der Waals surface area contributed by atoms with Crippen LogP contribution in [0.4, 0.5) is 5.69 Å². The van der Waals surface area contributed by atoms with Crippen molar-refractivity contribution in [2.45, 2.75) is 26.7 Å². The number of benzene rings is 1. The molecule has 1 fully saturated rings. The molecule has 1 aromatic carbocycles. The van der Waals surface area contributed by atoms with E-state index in [0.29, 0.717) is 0 Å². The summed E-state index contributed by atoms with van der Waals surface area (Å²) < 4.78 is 0. The third-order valence-electron chi connectivity index (χ3n) is 3.59. The summed E-state index contributed by atoms with van der Waals surface area (Å²) in [7, 11) is 0. The third kappa shape index (κ3) is 3.39. The lowest BCUT2D eigenvalue weighted by atomic mass is 10.1. The second-order valence-electron chi connectivity index (χ2n) is 5.26. The van der Waals surface area contributed by atoms with Gasteiger partial charge < -0.3 is 10.2 Å². The lowest BCUT2D eigenvalue weighted by molar-refractivity contribution is 0.516. The Labute approximate surface area is 115 Å². The van der Waals surface area contributed by atoms with Crippen LogP contribution in [0, 0.1) is 12.8 Å². The van der Waals surface area contributed by atoms with Gasteiger partial charge in [0.2, 0.25) is 0 Å². The van der Waals surface area contributed by atoms with Crippen LogP contribution >= 0.6 is 11.6 Å². The minimum Gasteiger partial charge on any atom is -0.370 e. The molecule has 0 amide bonds. The SMILES string of the molecule is CCCNCC1CCN(c2cc(C)ccc2Cl)C1. The van der Waals surface area contributed by atoms with E-state index in [1.54, 1.807) is 0 Å². The fourth-order valence-corrected chi connectivity index (χ4v) is 2.80. The molecule has 0 saturated carbocycles. The zero-order valence-corrected chi connectivity index (χ0v) is 12.1. The lowest BCUT2D eigenvalue weighted by Gasteiger charge is -2.20. The summed E-state index contributed by atoms with van der Waals surface area (Å²) >= 11 is 6.29. The second-order valence-corrected chi connectivity index (χ2v) is 5.67. The second kappa shape index (κ2) is 6.44. The first kappa shape index (κ1) is 13.7. The van der Waals surface area contributed by atoms with Gasteiger partial charge in [0.05, 0.1) is 10.7 Å². The Morgan fingerprint density at radius 1 is 1.44 bits per heavy atom. The van der Waals surface area contributed by atoms with Gasteiger partial charge in [0.25, 0.3) is 0 Å². The predicted octanol–water partition coefficient (Wildman–Crippen LogP) is 3.47. The minimum absolute atomic E-state index is 0.758. The molecule has 3 heteroatoms. The molecule has 0 aliphatic carbocycles. The van der Waals surface area contributed by atoms with Crippen LogP contribution in [0.2, 0.25) is 5.02 Å². The number of nitrogens with zero attached hydrogens (tertiary/aromatic N) is 1. The summed E-state index contributed by atoms with van der Waals surface area (Å²) in [6.45, 7) is 8.84. The van der Waals surface area contributed by atoms with E-state index in [9.17, 15) is 0 Å². The Morgan fingerprint density at radius 2 is 2.28 bits per heavy atom. The van der Waals surface area contributed by atoms with Gasteiger partial charge in [0, 0.05) is 13.1 Å². The summed E-state index contributed by atoms with van der Waals surface area (Å²) in [5.41, 5.74) is 2.48. The summed E-state index contributed by atoms with van der Waals surface area (Å²) in [5.74, 6) is 0.758. The standard InChI is InChI=1S/C15H23ClN2/c1-3-7-17-10-13-6-8-18(11-13)15-9-12(2)4-5-14(15)16/h4-5,9,13,17H,3,6-8,10-11H2,1-2H3. The van der Waals surface area contributed by atoms with Crippen molar-refractivity contribution in [2.24, 2.45) is 5.92 Å². The fraction of sp³-hybridized carbons (Fsp3) is 0.600. The first-order valence-corrected chi connectivity index (χ1v) is 7.30. The van der Waals surface area contributed by atoms with E-state index < -0.39 is 0 Å². The Hall–Kier alpha value is -0.730. The zero-order chi connectivity index (χ0) is 13.0. The normalized spacial score (nSPS) is 19.5. The maximum atomic E-state index is 6.29. The van der Waals surface area contributed by atoms with Crippen molar-refractivity contribution in [3.8, 4) is 0 Å². The van der Waals surface area contributed by atoms with Gasteiger partial charge in [-0.1, -0.05) is 24.6 Å². The molecule has 1 saturated heterocycles. The molecule has 1 atom stereocenters. The molecule has 1 aliphatic rings. The topological polar surface area (TPSA) is 15.3 Å². The van der Waals surface area contributed by atoms with Crippen molar-refractivity contribution in [1.29, 1.82) is 0 Å². The summed E-state index contributed by atoms with van der Waals surface area (Å²) in [5, 5.41) is 4.39. The molecule has 1 unspecified atom stereocenters. The average Bonchev–Trinajstić information content (AvgIpc) is 2.81. The Kier molecular flexibility index (Phi) is 4.90. The molecular weight excluding hydrogens is 244 g/mol. The highest BCUT2D eigenvalue weighted by Crippen LogP contribution is 2.31. The van der Waals surface area contributed by atoms with Gasteiger partial charge in [-0.2, -0.15) is 0 Å². The molecule has 0 aromatic heterocycles. The quantitative estimate of drug-likeness (QED) is 0.821. The Morgan fingerprint density at radius 3 is 3.06 bits per heavy atom. The molecule has 1 heterocycles. The molecule has 2 rings (SSSR count). The smallest absolute Gasteiger partial charge is 0.0639 e. The molecule has 1 aliphatic heterocycles. The summed E-state index contributed by atoms with van der Waals surface area (Å²) in [6, 6.07) is 6.28. The number of hydrogen-bond donors (Lipinski definition) is 1. The van der Waals surface area contributed by atoms with E-state index in [4.69, 9.17) is 11.6 Å². The molecular formula is C15H23ClN2. The summed E-state index contributed by atoms with van der Waals surface area (Å²) in [6.07, 6.45) is 2.47. The lowest BCUT2D eigenvalue weighted by Crippen LogP contribution is -2.27. The Balaban J connectivity index is 1.93. The predicted molar refractivity (Wildman–Crippen MR) is 79.7 cm³/mol. The minimum atomic E-state index is 0.758. The van der Waals surface area contributed by atoms with Crippen LogP contribution in [0.3, 0.4) is 0 Å². The highest BCUT2D eigenvalue weighted by Gasteiger charge is 2.23. The number of nitrogens with one attached hydrogen (secondary N) is 1. The van der Waals surface area contributed by atoms with E-state index in [1.807, 2.05) is 6.07 Å². The molecule has 1 aromatic rings. The Bertz CT molecular complexity index is 392. The molecule has 18 heavy (non-hydrogen) atoms. The summed E-state index contributed by atoms with van der Waals surface area (Å²) in [4.78, 5) is 2.42. The van der Waals surface area contributed by atoms with Gasteiger partial charge in [-0.25, -0.2) is 0 Å². The van der Waals surface area contributed by atoms with Crippen molar-refractivity contribution in [1.82, 2.24) is 5.32 Å². The van der Waals surface area contributed by atoms with Crippen LogP contribution in [0.1, 0.15) is 25.3 Å². The van der Waals surface area contributed by atoms with Crippen molar-refractivity contribution >= 4 is 17.3 Å². The number of halogens is 1. The van der Waals surface area contributed by atoms with Gasteiger partial charge in [0.15, 0.2) is 0 Å². The molecule has 100 valence electrons. The fourth-order valence-electron chi connectivity index (χ4n) is 2.57. The zero-order valence-electron chi connectivity index (χ0n) is 11.4. The molecule has 2 nitrogen and oxygen atoms in total. The first-order chi connectivity index (χ1) is 8.70. The highest BCUT2D eigenvalue weighted by atomic mass is 35.5. The van der Waals surface area contributed by atoms with Crippen LogP contribution in [0.5, 0.6) is 0 Å². The molecule has 0 radical (unpaired) electrons. The van der Waals surface area contributed by atoms with E-state index in [0.717, 1.165) is 37.1 Å². The maximum Gasteiger partial charge on any atom is 0.0639 e. The van der Waals surface area contributed by atoms with Crippen molar-refractivity contribution in [2.75, 3.05) is 31.1 Å². The van der Waals surface area contributed by atoms with E-state index >= 15 is 0 Å². The van der Waals surface area contributed by atoms with Gasteiger partial charge in [0.1, 0.15) is 0 Å². The van der Waals surface area contributed by atoms with Gasteiger partial charge in [-0.05, 0) is 56.5 Å². The monoisotopic (exact) mass is 266 g/mol. The van der Waals surface area contributed by atoms with Gasteiger partial charge >= 0.3 is 0 Å². The van der Waals surface area contributed by atoms with Crippen LogP contribution in [-0.4, -0.2) is 26.2 Å². The molecule has 1 N–H and O–H groups in total. The molecule has 0 bridgehead atoms. The molecule has 0 spiro atoms. The third-order valence-corrected chi connectivity index (χ3v) is 3.91. The van der Waals surface area contributed by atoms with Crippen LogP contribution < -0.4 is 10.2 Å². The first-order valence-electron chi connectivity index (χ1n) is 6.92. The largest absolute Gasteiger partial charge is 0.370 e. The van der Waals surface area contributed by atoms with Gasteiger partial charge in [-0.15, -0.1) is 0 Å². The van der Waals surface area contributed by atoms with E-state index in [-0.39, 0.29) is 0 Å². The van der Waals surface area contributed by atoms with Crippen LogP contribution in [0.15, 0.2) is 18.2 Å². The van der Waals surface area contributed by atoms with Crippen LogP contribution in [-0.2, 0) is 0 Å². The maximum absolute atomic E-state index is 6.29. The van der Waals surface area contributed by atoms with Crippen molar-refractivity contribution < 1.29 is 0 Å². The van der Waals surface area contributed by atoms with Gasteiger partial charge in [-0.3, -0.25) is 0 Å². The average molecular weight is 267 g/mol. The van der Waals surface area contributed by atoms with Crippen molar-refractivity contribution in [3.05, 3.63) is 28.8 Å².